The van der Waals surface area contributed by atoms with Crippen LogP contribution in [0.5, 0.6) is 0 Å². The van der Waals surface area contributed by atoms with Gasteiger partial charge in [0.25, 0.3) is 0 Å². The van der Waals surface area contributed by atoms with E-state index >= 15 is 0 Å². The average molecular weight is 310 g/mol. The molecule has 0 spiro atoms. The Morgan fingerprint density at radius 2 is 2.06 bits per heavy atom. The van der Waals surface area contributed by atoms with Gasteiger partial charge in [0.1, 0.15) is 0 Å². The van der Waals surface area contributed by atoms with Gasteiger partial charge in [-0.15, -0.1) is 0 Å². The number of halogens is 1. The molecule has 0 aliphatic rings. The van der Waals surface area contributed by atoms with Crippen LogP contribution in [0.4, 0.5) is 0 Å². The van der Waals surface area contributed by atoms with Crippen molar-refractivity contribution < 1.29 is 14.4 Å². The van der Waals surface area contributed by atoms with Crippen LogP contribution in [0.3, 0.4) is 0 Å². The first-order valence-electron chi connectivity index (χ1n) is 5.57. The second-order valence-electron chi connectivity index (χ2n) is 3.87. The molecule has 0 fully saturated rings. The van der Waals surface area contributed by atoms with Gasteiger partial charge >= 0.3 is 5.97 Å². The van der Waals surface area contributed by atoms with E-state index in [1.54, 1.807) is 0 Å². The van der Waals surface area contributed by atoms with E-state index in [9.17, 15) is 4.79 Å². The first-order valence-corrected chi connectivity index (χ1v) is 6.36. The van der Waals surface area contributed by atoms with E-state index in [1.807, 2.05) is 31.2 Å². The van der Waals surface area contributed by atoms with E-state index in [1.165, 1.54) is 0 Å². The number of hydrogen-bond donors (Lipinski definition) is 1. The first kappa shape index (κ1) is 12.8. The lowest BCUT2D eigenvalue weighted by Crippen LogP contribution is -2.03. The summed E-state index contributed by atoms with van der Waals surface area (Å²) in [5.41, 5.74) is 2.20. The van der Waals surface area contributed by atoms with E-state index in [2.05, 4.69) is 21.1 Å². The summed E-state index contributed by atoms with van der Waals surface area (Å²) >= 11 is 3.36. The van der Waals surface area contributed by atoms with E-state index in [-0.39, 0.29) is 6.42 Å². The van der Waals surface area contributed by atoms with Gasteiger partial charge in [0.15, 0.2) is 5.76 Å². The minimum absolute atomic E-state index is 0.0714. The fraction of sp³-hybridized carbons (Fsp3) is 0.231. The van der Waals surface area contributed by atoms with Crippen molar-refractivity contribution in [3.8, 4) is 11.3 Å². The van der Waals surface area contributed by atoms with E-state index < -0.39 is 5.97 Å². The van der Waals surface area contributed by atoms with Crippen molar-refractivity contribution in [2.45, 2.75) is 19.8 Å². The molecule has 1 aromatic heterocycles. The standard InChI is InChI=1S/C13H12BrNO3/c1-2-11-10(7-12(16)17)13(18-15-11)8-3-5-9(14)6-4-8/h3-6H,2,7H2,1H3,(H,16,17). The summed E-state index contributed by atoms with van der Waals surface area (Å²) in [5.74, 6) is -0.340. The van der Waals surface area contributed by atoms with Gasteiger partial charge in [-0.25, -0.2) is 0 Å². The Labute approximate surface area is 113 Å². The van der Waals surface area contributed by atoms with Crippen molar-refractivity contribution in [3.05, 3.63) is 40.0 Å². The summed E-state index contributed by atoms with van der Waals surface area (Å²) in [6.07, 6.45) is 0.584. The third kappa shape index (κ3) is 2.61. The quantitative estimate of drug-likeness (QED) is 0.941. The predicted octanol–water partition coefficient (Wildman–Crippen LogP) is 3.29. The molecule has 0 amide bonds. The molecule has 0 saturated heterocycles. The zero-order valence-corrected chi connectivity index (χ0v) is 11.4. The van der Waals surface area contributed by atoms with Crippen molar-refractivity contribution in [1.82, 2.24) is 5.16 Å². The Bertz CT molecular complexity index is 560. The second-order valence-corrected chi connectivity index (χ2v) is 4.78. The Kier molecular flexibility index (Phi) is 3.81. The van der Waals surface area contributed by atoms with Crippen molar-refractivity contribution in [2.75, 3.05) is 0 Å². The van der Waals surface area contributed by atoms with Crippen LogP contribution < -0.4 is 0 Å². The van der Waals surface area contributed by atoms with Gasteiger partial charge in [-0.3, -0.25) is 4.79 Å². The van der Waals surface area contributed by atoms with Crippen LogP contribution in [0.1, 0.15) is 18.2 Å². The van der Waals surface area contributed by atoms with Gasteiger partial charge in [0, 0.05) is 15.6 Å². The number of aromatic nitrogens is 1. The van der Waals surface area contributed by atoms with Gasteiger partial charge in [0.05, 0.1) is 12.1 Å². The highest BCUT2D eigenvalue weighted by molar-refractivity contribution is 9.10. The molecule has 1 N–H and O–H groups in total. The highest BCUT2D eigenvalue weighted by Crippen LogP contribution is 2.28. The summed E-state index contributed by atoms with van der Waals surface area (Å²) in [5, 5.41) is 12.9. The van der Waals surface area contributed by atoms with E-state index in [0.29, 0.717) is 23.4 Å². The molecular formula is C13H12BrNO3. The summed E-state index contributed by atoms with van der Waals surface area (Å²) < 4.78 is 6.24. The molecule has 94 valence electrons. The van der Waals surface area contributed by atoms with Crippen LogP contribution in [-0.2, 0) is 17.6 Å². The molecule has 0 aliphatic carbocycles. The fourth-order valence-electron chi connectivity index (χ4n) is 1.78. The number of carbonyl (C=O) groups is 1. The zero-order valence-electron chi connectivity index (χ0n) is 9.81. The Morgan fingerprint density at radius 1 is 1.39 bits per heavy atom. The molecule has 0 aliphatic heterocycles. The highest BCUT2D eigenvalue weighted by atomic mass is 79.9. The molecular weight excluding hydrogens is 298 g/mol. The highest BCUT2D eigenvalue weighted by Gasteiger charge is 2.18. The smallest absolute Gasteiger partial charge is 0.308 e. The van der Waals surface area contributed by atoms with E-state index in [4.69, 9.17) is 9.63 Å². The minimum Gasteiger partial charge on any atom is -0.481 e. The maximum atomic E-state index is 10.9. The van der Waals surface area contributed by atoms with Gasteiger partial charge in [-0.1, -0.05) is 40.1 Å². The van der Waals surface area contributed by atoms with Crippen LogP contribution in [-0.4, -0.2) is 16.2 Å². The number of benzene rings is 1. The predicted molar refractivity (Wildman–Crippen MR) is 70.4 cm³/mol. The van der Waals surface area contributed by atoms with Gasteiger partial charge in [0.2, 0.25) is 0 Å². The molecule has 2 rings (SSSR count). The maximum Gasteiger partial charge on any atom is 0.308 e. The summed E-state index contributed by atoms with van der Waals surface area (Å²) in [4.78, 5) is 10.9. The molecule has 1 aromatic carbocycles. The number of hydrogen-bond acceptors (Lipinski definition) is 3. The van der Waals surface area contributed by atoms with Gasteiger partial charge in [-0.2, -0.15) is 0 Å². The van der Waals surface area contributed by atoms with Crippen LogP contribution in [0, 0.1) is 0 Å². The third-order valence-corrected chi connectivity index (χ3v) is 3.17. The van der Waals surface area contributed by atoms with Crippen molar-refractivity contribution in [3.63, 3.8) is 0 Å². The molecule has 4 nitrogen and oxygen atoms in total. The van der Waals surface area contributed by atoms with Crippen molar-refractivity contribution in [2.24, 2.45) is 0 Å². The lowest BCUT2D eigenvalue weighted by molar-refractivity contribution is -0.136. The largest absolute Gasteiger partial charge is 0.481 e. The van der Waals surface area contributed by atoms with Crippen molar-refractivity contribution >= 4 is 21.9 Å². The molecule has 0 unspecified atom stereocenters. The minimum atomic E-state index is -0.883. The number of aliphatic carboxylic acids is 1. The molecule has 0 atom stereocenters. The zero-order chi connectivity index (χ0) is 13.1. The molecule has 18 heavy (non-hydrogen) atoms. The third-order valence-electron chi connectivity index (χ3n) is 2.64. The topological polar surface area (TPSA) is 63.3 Å². The number of rotatable bonds is 4. The SMILES string of the molecule is CCc1noc(-c2ccc(Br)cc2)c1CC(=O)O. The summed E-state index contributed by atoms with van der Waals surface area (Å²) in [7, 11) is 0. The average Bonchev–Trinajstić information content (AvgIpc) is 2.72. The van der Waals surface area contributed by atoms with Gasteiger partial charge < -0.3 is 9.63 Å². The normalized spacial score (nSPS) is 10.6. The molecule has 5 heteroatoms. The maximum absolute atomic E-state index is 10.9. The first-order chi connectivity index (χ1) is 8.61. The second kappa shape index (κ2) is 5.35. The Morgan fingerprint density at radius 3 is 2.61 bits per heavy atom. The monoisotopic (exact) mass is 309 g/mol. The summed E-state index contributed by atoms with van der Waals surface area (Å²) in [6.45, 7) is 1.93. The van der Waals surface area contributed by atoms with Crippen LogP contribution in [0.15, 0.2) is 33.3 Å². The Hall–Kier alpha value is -1.62. The number of aryl methyl sites for hydroxylation is 1. The van der Waals surface area contributed by atoms with Crippen LogP contribution >= 0.6 is 15.9 Å². The Balaban J connectivity index is 2.46. The molecule has 0 bridgehead atoms. The molecule has 0 radical (unpaired) electrons. The van der Waals surface area contributed by atoms with Gasteiger partial charge in [-0.05, 0) is 18.6 Å². The van der Waals surface area contributed by atoms with Crippen LogP contribution in [0.2, 0.25) is 0 Å². The number of nitrogens with zero attached hydrogens (tertiary/aromatic N) is 1. The number of carboxylic acid groups (broad SMARTS) is 1. The fourth-order valence-corrected chi connectivity index (χ4v) is 2.05. The lowest BCUT2D eigenvalue weighted by Gasteiger charge is -2.01. The molecule has 2 aromatic rings. The number of carboxylic acids is 1. The van der Waals surface area contributed by atoms with E-state index in [0.717, 1.165) is 10.0 Å². The van der Waals surface area contributed by atoms with Crippen LogP contribution in [0.25, 0.3) is 11.3 Å². The molecule has 0 saturated carbocycles. The summed E-state index contributed by atoms with van der Waals surface area (Å²) in [6, 6.07) is 7.51. The molecule has 1 heterocycles. The van der Waals surface area contributed by atoms with Crippen molar-refractivity contribution in [1.29, 1.82) is 0 Å². The lowest BCUT2D eigenvalue weighted by atomic mass is 10.0.